The highest BCUT2D eigenvalue weighted by Crippen LogP contribution is 2.18. The first-order valence-corrected chi connectivity index (χ1v) is 7.37. The van der Waals surface area contributed by atoms with Crippen molar-refractivity contribution in [2.24, 2.45) is 5.73 Å². The summed E-state index contributed by atoms with van der Waals surface area (Å²) in [5.74, 6) is -0.625. The van der Waals surface area contributed by atoms with Crippen molar-refractivity contribution in [3.05, 3.63) is 30.1 Å². The Morgan fingerprint density at radius 3 is 2.71 bits per heavy atom. The molecule has 1 aromatic carbocycles. The molecule has 4 nitrogen and oxygen atoms in total. The fourth-order valence-electron chi connectivity index (χ4n) is 2.18. The largest absolute Gasteiger partial charge is 0.465 e. The van der Waals surface area contributed by atoms with Crippen LogP contribution in [0, 0.1) is 5.82 Å². The number of ether oxygens (including phenoxy) is 1. The van der Waals surface area contributed by atoms with Crippen molar-refractivity contribution in [3.8, 4) is 0 Å². The number of benzene rings is 1. The normalized spacial score (nSPS) is 13.6. The van der Waals surface area contributed by atoms with Gasteiger partial charge in [0.05, 0.1) is 6.61 Å². The molecule has 1 aromatic rings. The number of rotatable bonds is 8. The van der Waals surface area contributed by atoms with Gasteiger partial charge < -0.3 is 15.4 Å². The maximum atomic E-state index is 13.3. The first kappa shape index (κ1) is 17.4. The summed E-state index contributed by atoms with van der Waals surface area (Å²) < 4.78 is 18.2. The van der Waals surface area contributed by atoms with E-state index in [0.717, 1.165) is 18.7 Å². The van der Waals surface area contributed by atoms with Crippen LogP contribution in [0.2, 0.25) is 0 Å². The molecule has 0 bridgehead atoms. The Bertz CT molecular complexity index is 463. The van der Waals surface area contributed by atoms with E-state index in [4.69, 9.17) is 10.5 Å². The van der Waals surface area contributed by atoms with Crippen LogP contribution in [0.5, 0.6) is 0 Å². The highest BCUT2D eigenvalue weighted by molar-refractivity contribution is 5.79. The summed E-state index contributed by atoms with van der Waals surface area (Å²) in [5.41, 5.74) is 5.85. The van der Waals surface area contributed by atoms with Gasteiger partial charge in [0, 0.05) is 18.8 Å². The lowest BCUT2D eigenvalue weighted by Crippen LogP contribution is -2.46. The Labute approximate surface area is 126 Å². The number of carbonyl (C=O) groups excluding carboxylic acids is 1. The van der Waals surface area contributed by atoms with Crippen LogP contribution in [0.3, 0.4) is 0 Å². The van der Waals surface area contributed by atoms with E-state index in [0.29, 0.717) is 19.6 Å². The van der Waals surface area contributed by atoms with Gasteiger partial charge >= 0.3 is 5.97 Å². The second-order valence-corrected chi connectivity index (χ2v) is 5.30. The van der Waals surface area contributed by atoms with Crippen LogP contribution >= 0.6 is 0 Å². The summed E-state index contributed by atoms with van der Waals surface area (Å²) in [6.07, 6.45) is 1.26. The van der Waals surface area contributed by atoms with Gasteiger partial charge in [-0.2, -0.15) is 0 Å². The lowest BCUT2D eigenvalue weighted by molar-refractivity contribution is -0.149. The molecule has 0 saturated heterocycles. The topological polar surface area (TPSA) is 55.6 Å². The van der Waals surface area contributed by atoms with Gasteiger partial charge in [-0.1, -0.05) is 6.07 Å². The van der Waals surface area contributed by atoms with Crippen molar-refractivity contribution in [1.29, 1.82) is 0 Å². The molecule has 1 unspecified atom stereocenters. The van der Waals surface area contributed by atoms with Gasteiger partial charge in [0.15, 0.2) is 0 Å². The molecule has 5 heteroatoms. The number of esters is 1. The van der Waals surface area contributed by atoms with Crippen molar-refractivity contribution in [1.82, 2.24) is 0 Å². The molecule has 118 valence electrons. The number of nitrogens with two attached hydrogens (primary N) is 1. The average Bonchev–Trinajstić information content (AvgIpc) is 2.43. The van der Waals surface area contributed by atoms with Crippen molar-refractivity contribution < 1.29 is 13.9 Å². The zero-order valence-corrected chi connectivity index (χ0v) is 13.1. The quantitative estimate of drug-likeness (QED) is 0.749. The van der Waals surface area contributed by atoms with Gasteiger partial charge in [0.25, 0.3) is 0 Å². The molecule has 0 fully saturated rings. The fraction of sp³-hybridized carbons (Fsp3) is 0.562. The Balaban J connectivity index is 2.55. The predicted octanol–water partition coefficient (Wildman–Crippen LogP) is 2.71. The molecule has 0 amide bonds. The van der Waals surface area contributed by atoms with Gasteiger partial charge in [0.2, 0.25) is 0 Å². The minimum atomic E-state index is -0.975. The van der Waals surface area contributed by atoms with Crippen LogP contribution in [0.15, 0.2) is 24.3 Å². The summed E-state index contributed by atoms with van der Waals surface area (Å²) in [6, 6.07) is 6.50. The van der Waals surface area contributed by atoms with Gasteiger partial charge in [0.1, 0.15) is 11.4 Å². The van der Waals surface area contributed by atoms with Crippen molar-refractivity contribution in [3.63, 3.8) is 0 Å². The van der Waals surface area contributed by atoms with E-state index < -0.39 is 5.54 Å². The Kier molecular flexibility index (Phi) is 6.62. The SMILES string of the molecule is CCOC(=O)C(C)(N)CCCN(CC)c1cccc(F)c1. The molecule has 0 spiro atoms. The van der Waals surface area contributed by atoms with Crippen molar-refractivity contribution >= 4 is 11.7 Å². The highest BCUT2D eigenvalue weighted by atomic mass is 19.1. The Morgan fingerprint density at radius 2 is 2.14 bits per heavy atom. The Morgan fingerprint density at radius 1 is 1.43 bits per heavy atom. The summed E-state index contributed by atoms with van der Waals surface area (Å²) in [7, 11) is 0. The lowest BCUT2D eigenvalue weighted by atomic mass is 9.97. The first-order chi connectivity index (χ1) is 9.90. The van der Waals surface area contributed by atoms with E-state index in [1.165, 1.54) is 12.1 Å². The number of hydrogen-bond acceptors (Lipinski definition) is 4. The minimum absolute atomic E-state index is 0.249. The summed E-state index contributed by atoms with van der Waals surface area (Å²) in [4.78, 5) is 13.8. The highest BCUT2D eigenvalue weighted by Gasteiger charge is 2.29. The van der Waals surface area contributed by atoms with Crippen LogP contribution in [0.4, 0.5) is 10.1 Å². The second-order valence-electron chi connectivity index (χ2n) is 5.30. The van der Waals surface area contributed by atoms with E-state index in [1.807, 2.05) is 13.0 Å². The second kappa shape index (κ2) is 7.98. The zero-order chi connectivity index (χ0) is 15.9. The molecule has 1 atom stereocenters. The van der Waals surface area contributed by atoms with E-state index >= 15 is 0 Å². The van der Waals surface area contributed by atoms with Crippen LogP contribution in [0.25, 0.3) is 0 Å². The smallest absolute Gasteiger partial charge is 0.325 e. The monoisotopic (exact) mass is 296 g/mol. The molecule has 0 aliphatic rings. The molecule has 21 heavy (non-hydrogen) atoms. The van der Waals surface area contributed by atoms with E-state index in [9.17, 15) is 9.18 Å². The molecule has 0 heterocycles. The molecule has 0 aliphatic heterocycles. The molecule has 0 aromatic heterocycles. The van der Waals surface area contributed by atoms with Crippen molar-refractivity contribution in [2.75, 3.05) is 24.6 Å². The predicted molar refractivity (Wildman–Crippen MR) is 82.7 cm³/mol. The summed E-state index contributed by atoms with van der Waals surface area (Å²) in [5, 5.41) is 0. The fourth-order valence-corrected chi connectivity index (χ4v) is 2.18. The number of anilines is 1. The van der Waals surface area contributed by atoms with Crippen molar-refractivity contribution in [2.45, 2.75) is 39.2 Å². The molecule has 0 saturated carbocycles. The van der Waals surface area contributed by atoms with Crippen LogP contribution < -0.4 is 10.6 Å². The van der Waals surface area contributed by atoms with Gasteiger partial charge in [-0.05, 0) is 51.8 Å². The summed E-state index contributed by atoms with van der Waals surface area (Å²) in [6.45, 7) is 7.27. The van der Waals surface area contributed by atoms with Crippen LogP contribution in [0.1, 0.15) is 33.6 Å². The molecular formula is C16H25FN2O2. The molecule has 1 rings (SSSR count). The average molecular weight is 296 g/mol. The maximum Gasteiger partial charge on any atom is 0.325 e. The molecular weight excluding hydrogens is 271 g/mol. The zero-order valence-electron chi connectivity index (χ0n) is 13.1. The lowest BCUT2D eigenvalue weighted by Gasteiger charge is -2.26. The third-order valence-corrected chi connectivity index (χ3v) is 3.42. The molecule has 2 N–H and O–H groups in total. The number of hydrogen-bond donors (Lipinski definition) is 1. The first-order valence-electron chi connectivity index (χ1n) is 7.37. The number of nitrogens with zero attached hydrogens (tertiary/aromatic N) is 1. The standard InChI is InChI=1S/C16H25FN2O2/c1-4-19(14-9-6-8-13(17)12-14)11-7-10-16(3,18)15(20)21-5-2/h6,8-9,12H,4-5,7,10-11,18H2,1-3H3. The van der Waals surface area contributed by atoms with Gasteiger partial charge in [-0.3, -0.25) is 4.79 Å². The minimum Gasteiger partial charge on any atom is -0.465 e. The van der Waals surface area contributed by atoms with E-state index in [2.05, 4.69) is 4.90 Å². The van der Waals surface area contributed by atoms with Crippen LogP contribution in [-0.4, -0.2) is 31.2 Å². The molecule has 0 radical (unpaired) electrons. The maximum absolute atomic E-state index is 13.3. The van der Waals surface area contributed by atoms with Gasteiger partial charge in [-0.15, -0.1) is 0 Å². The number of carbonyl (C=O) groups is 1. The third-order valence-electron chi connectivity index (χ3n) is 3.42. The summed E-state index contributed by atoms with van der Waals surface area (Å²) >= 11 is 0. The van der Waals surface area contributed by atoms with Gasteiger partial charge in [-0.25, -0.2) is 4.39 Å². The van der Waals surface area contributed by atoms with Crippen LogP contribution in [-0.2, 0) is 9.53 Å². The molecule has 0 aliphatic carbocycles. The van der Waals surface area contributed by atoms with E-state index in [1.54, 1.807) is 19.9 Å². The number of halogens is 1. The Hall–Kier alpha value is -1.62. The van der Waals surface area contributed by atoms with E-state index in [-0.39, 0.29) is 11.8 Å². The third kappa shape index (κ3) is 5.34.